The molecule has 3 unspecified atom stereocenters. The molecule has 1 nitrogen and oxygen atoms in total. The van der Waals surface area contributed by atoms with E-state index in [0.29, 0.717) is 17.6 Å². The van der Waals surface area contributed by atoms with Gasteiger partial charge in [0.15, 0.2) is 0 Å². The highest BCUT2D eigenvalue weighted by Gasteiger charge is 2.49. The van der Waals surface area contributed by atoms with Gasteiger partial charge in [-0.05, 0) is 17.8 Å². The minimum Gasteiger partial charge on any atom is -0.374 e. The zero-order valence-corrected chi connectivity index (χ0v) is 7.05. The number of fused-ring (bicyclic) bond motifs is 1. The van der Waals surface area contributed by atoms with Gasteiger partial charge in [0, 0.05) is 6.42 Å². The SMILES string of the molecule is CC(C)(C)C1CC2CC1O2. The third-order valence-electron chi connectivity index (χ3n) is 2.94. The lowest BCUT2D eigenvalue weighted by Crippen LogP contribution is -2.32. The summed E-state index contributed by atoms with van der Waals surface area (Å²) in [5, 5.41) is 0. The van der Waals surface area contributed by atoms with Gasteiger partial charge < -0.3 is 4.74 Å². The van der Waals surface area contributed by atoms with E-state index in [0.717, 1.165) is 5.92 Å². The van der Waals surface area contributed by atoms with Gasteiger partial charge in [0.1, 0.15) is 0 Å². The highest BCUT2D eigenvalue weighted by atomic mass is 16.5. The van der Waals surface area contributed by atoms with E-state index < -0.39 is 0 Å². The molecule has 0 aromatic rings. The van der Waals surface area contributed by atoms with Crippen LogP contribution in [0.25, 0.3) is 0 Å². The maximum absolute atomic E-state index is 5.59. The van der Waals surface area contributed by atoms with Crippen molar-refractivity contribution < 1.29 is 4.74 Å². The normalized spacial score (nSPS) is 45.3. The topological polar surface area (TPSA) is 9.23 Å². The molecular formula is C9H16O. The summed E-state index contributed by atoms with van der Waals surface area (Å²) in [6, 6.07) is 0. The first-order valence-electron chi connectivity index (χ1n) is 4.23. The van der Waals surface area contributed by atoms with Crippen LogP contribution in [-0.2, 0) is 4.74 Å². The second-order valence-corrected chi connectivity index (χ2v) is 4.74. The summed E-state index contributed by atoms with van der Waals surface area (Å²) in [7, 11) is 0. The lowest BCUT2D eigenvalue weighted by molar-refractivity contribution is -0.0840. The van der Waals surface area contributed by atoms with E-state index in [1.807, 2.05) is 0 Å². The van der Waals surface area contributed by atoms with Crippen LogP contribution in [0.1, 0.15) is 33.6 Å². The van der Waals surface area contributed by atoms with Crippen molar-refractivity contribution in [1.29, 1.82) is 0 Å². The van der Waals surface area contributed by atoms with Gasteiger partial charge >= 0.3 is 0 Å². The van der Waals surface area contributed by atoms with Crippen LogP contribution < -0.4 is 0 Å². The molecule has 2 bridgehead atoms. The molecule has 0 spiro atoms. The molecule has 1 saturated carbocycles. The molecule has 10 heavy (non-hydrogen) atoms. The Morgan fingerprint density at radius 1 is 1.20 bits per heavy atom. The van der Waals surface area contributed by atoms with Crippen LogP contribution in [0.5, 0.6) is 0 Å². The van der Waals surface area contributed by atoms with Crippen molar-refractivity contribution >= 4 is 0 Å². The Hall–Kier alpha value is -0.0400. The summed E-state index contributed by atoms with van der Waals surface area (Å²) in [4.78, 5) is 0. The summed E-state index contributed by atoms with van der Waals surface area (Å²) < 4.78 is 5.59. The quantitative estimate of drug-likeness (QED) is 0.501. The second kappa shape index (κ2) is 1.76. The van der Waals surface area contributed by atoms with Crippen molar-refractivity contribution in [2.45, 2.75) is 45.8 Å². The fourth-order valence-corrected chi connectivity index (χ4v) is 2.25. The van der Waals surface area contributed by atoms with Gasteiger partial charge in [-0.3, -0.25) is 0 Å². The fraction of sp³-hybridized carbons (Fsp3) is 1.00. The third-order valence-corrected chi connectivity index (χ3v) is 2.94. The van der Waals surface area contributed by atoms with E-state index in [1.165, 1.54) is 12.8 Å². The second-order valence-electron chi connectivity index (χ2n) is 4.74. The lowest BCUT2D eigenvalue weighted by atomic mass is 9.79. The smallest absolute Gasteiger partial charge is 0.0637 e. The maximum atomic E-state index is 5.59. The van der Waals surface area contributed by atoms with Crippen LogP contribution in [0.2, 0.25) is 0 Å². The van der Waals surface area contributed by atoms with E-state index in [2.05, 4.69) is 20.8 Å². The molecule has 3 aliphatic rings. The van der Waals surface area contributed by atoms with Gasteiger partial charge in [-0.1, -0.05) is 20.8 Å². The van der Waals surface area contributed by atoms with Gasteiger partial charge in [0.25, 0.3) is 0 Å². The van der Waals surface area contributed by atoms with Crippen molar-refractivity contribution in [2.24, 2.45) is 11.3 Å². The van der Waals surface area contributed by atoms with E-state index in [9.17, 15) is 0 Å². The standard InChI is InChI=1S/C9H16O/c1-9(2,3)7-4-6-5-8(7)10-6/h6-8H,4-5H2,1-3H3. The number of hydrogen-bond acceptors (Lipinski definition) is 1. The van der Waals surface area contributed by atoms with E-state index >= 15 is 0 Å². The Bertz CT molecular complexity index is 139. The molecule has 0 aromatic carbocycles. The first-order chi connectivity index (χ1) is 4.57. The highest BCUT2D eigenvalue weighted by molar-refractivity contribution is 4.98. The van der Waals surface area contributed by atoms with Crippen LogP contribution in [-0.4, -0.2) is 12.2 Å². The minimum atomic E-state index is 0.468. The molecule has 0 amide bonds. The maximum Gasteiger partial charge on any atom is 0.0637 e. The zero-order chi connectivity index (χ0) is 7.35. The predicted octanol–water partition coefficient (Wildman–Crippen LogP) is 2.21. The largest absolute Gasteiger partial charge is 0.374 e. The van der Waals surface area contributed by atoms with Crippen molar-refractivity contribution in [2.75, 3.05) is 0 Å². The zero-order valence-electron chi connectivity index (χ0n) is 7.05. The van der Waals surface area contributed by atoms with Crippen LogP contribution in [0.15, 0.2) is 0 Å². The van der Waals surface area contributed by atoms with Gasteiger partial charge in [-0.15, -0.1) is 0 Å². The Labute approximate surface area is 62.8 Å². The Morgan fingerprint density at radius 3 is 2.00 bits per heavy atom. The van der Waals surface area contributed by atoms with Crippen molar-refractivity contribution in [1.82, 2.24) is 0 Å². The monoisotopic (exact) mass is 140 g/mol. The molecule has 1 heteroatoms. The van der Waals surface area contributed by atoms with Gasteiger partial charge in [-0.25, -0.2) is 0 Å². The number of ether oxygens (including phenoxy) is 1. The van der Waals surface area contributed by atoms with Gasteiger partial charge in [0.05, 0.1) is 12.2 Å². The number of rotatable bonds is 0. The lowest BCUT2D eigenvalue weighted by Gasteiger charge is -2.32. The first-order valence-corrected chi connectivity index (χ1v) is 4.23. The van der Waals surface area contributed by atoms with Crippen molar-refractivity contribution in [3.05, 3.63) is 0 Å². The van der Waals surface area contributed by atoms with Crippen LogP contribution in [0, 0.1) is 11.3 Å². The molecule has 3 rings (SSSR count). The Morgan fingerprint density at radius 2 is 1.80 bits per heavy atom. The molecule has 3 atom stereocenters. The van der Waals surface area contributed by atoms with Crippen molar-refractivity contribution in [3.8, 4) is 0 Å². The predicted molar refractivity (Wildman–Crippen MR) is 40.8 cm³/mol. The summed E-state index contributed by atoms with van der Waals surface area (Å²) in [6.07, 6.45) is 3.90. The first kappa shape index (κ1) is 6.66. The van der Waals surface area contributed by atoms with Crippen molar-refractivity contribution in [3.63, 3.8) is 0 Å². The average Bonchev–Trinajstić information content (AvgIpc) is 2.07. The summed E-state index contributed by atoms with van der Waals surface area (Å²) in [6.45, 7) is 6.96. The molecule has 2 aliphatic heterocycles. The van der Waals surface area contributed by atoms with E-state index in [-0.39, 0.29) is 0 Å². The van der Waals surface area contributed by atoms with Crippen LogP contribution in [0.3, 0.4) is 0 Å². The molecule has 2 saturated heterocycles. The van der Waals surface area contributed by atoms with Crippen LogP contribution >= 0.6 is 0 Å². The van der Waals surface area contributed by atoms with E-state index in [1.54, 1.807) is 0 Å². The molecule has 2 heterocycles. The van der Waals surface area contributed by atoms with Gasteiger partial charge in [0.2, 0.25) is 0 Å². The minimum absolute atomic E-state index is 0.468. The molecule has 58 valence electrons. The van der Waals surface area contributed by atoms with Gasteiger partial charge in [-0.2, -0.15) is 0 Å². The average molecular weight is 140 g/mol. The van der Waals surface area contributed by atoms with Crippen LogP contribution in [0.4, 0.5) is 0 Å². The Balaban J connectivity index is 2.07. The van der Waals surface area contributed by atoms with E-state index in [4.69, 9.17) is 4.74 Å². The summed E-state index contributed by atoms with van der Waals surface area (Å²) >= 11 is 0. The molecule has 3 fully saturated rings. The molecule has 0 aromatic heterocycles. The summed E-state index contributed by atoms with van der Waals surface area (Å²) in [5.74, 6) is 0.831. The highest BCUT2D eigenvalue weighted by Crippen LogP contribution is 2.49. The third kappa shape index (κ3) is 0.800. The molecule has 0 N–H and O–H groups in total. The summed E-state index contributed by atoms with van der Waals surface area (Å²) in [5.41, 5.74) is 0.468. The molecule has 1 aliphatic carbocycles. The molecular weight excluding hydrogens is 124 g/mol. The Kier molecular flexibility index (Phi) is 1.17. The fourth-order valence-electron chi connectivity index (χ4n) is 2.25. The molecule has 0 radical (unpaired) electrons. The number of hydrogen-bond donors (Lipinski definition) is 0.